The molecule has 1 aliphatic rings. The number of rotatable bonds is 3. The molecule has 3 rings (SSSR count). The molecule has 0 aliphatic carbocycles. The van der Waals surface area contributed by atoms with Crippen molar-refractivity contribution in [1.29, 1.82) is 0 Å². The standard InChI is InChI=1S/C12H11F3N6O2/c13-12(14,15)8-4-20(3-7(8)11(22)23)9-1-16-2-10(19-9)21-6-17-5-18-21/h1-2,5-8H,3-4H2,(H,22,23)/t7-,8-/m1/s1. The molecule has 1 N–H and O–H groups in total. The maximum absolute atomic E-state index is 13.0. The van der Waals surface area contributed by atoms with Crippen molar-refractivity contribution in [3.8, 4) is 5.82 Å². The number of anilines is 1. The number of halogens is 3. The molecule has 0 aromatic carbocycles. The van der Waals surface area contributed by atoms with Crippen molar-refractivity contribution < 1.29 is 23.1 Å². The number of carbonyl (C=O) groups is 1. The van der Waals surface area contributed by atoms with Gasteiger partial charge in [-0.1, -0.05) is 0 Å². The zero-order valence-electron chi connectivity index (χ0n) is 11.6. The summed E-state index contributed by atoms with van der Waals surface area (Å²) in [6.45, 7) is -0.759. The molecule has 0 unspecified atom stereocenters. The summed E-state index contributed by atoms with van der Waals surface area (Å²) in [7, 11) is 0. The zero-order chi connectivity index (χ0) is 16.6. The summed E-state index contributed by atoms with van der Waals surface area (Å²) in [6.07, 6.45) is 0.734. The minimum Gasteiger partial charge on any atom is -0.481 e. The summed E-state index contributed by atoms with van der Waals surface area (Å²) in [5.74, 6) is -4.52. The maximum atomic E-state index is 13.0. The minimum atomic E-state index is -4.59. The van der Waals surface area contributed by atoms with E-state index >= 15 is 0 Å². The molecule has 23 heavy (non-hydrogen) atoms. The molecule has 1 aliphatic heterocycles. The summed E-state index contributed by atoms with van der Waals surface area (Å²) >= 11 is 0. The quantitative estimate of drug-likeness (QED) is 0.888. The van der Waals surface area contributed by atoms with Gasteiger partial charge in [0.1, 0.15) is 18.5 Å². The fourth-order valence-electron chi connectivity index (χ4n) is 2.51. The average molecular weight is 328 g/mol. The largest absolute Gasteiger partial charge is 0.481 e. The maximum Gasteiger partial charge on any atom is 0.394 e. The molecule has 0 radical (unpaired) electrons. The van der Waals surface area contributed by atoms with Gasteiger partial charge in [-0.05, 0) is 0 Å². The molecular formula is C12H11F3N6O2. The third-order valence-corrected chi connectivity index (χ3v) is 3.64. The highest BCUT2D eigenvalue weighted by Gasteiger charge is 2.52. The first-order chi connectivity index (χ1) is 10.9. The Morgan fingerprint density at radius 3 is 2.52 bits per heavy atom. The van der Waals surface area contributed by atoms with E-state index in [9.17, 15) is 18.0 Å². The van der Waals surface area contributed by atoms with Crippen molar-refractivity contribution in [3.63, 3.8) is 0 Å². The fourth-order valence-corrected chi connectivity index (χ4v) is 2.51. The smallest absolute Gasteiger partial charge is 0.394 e. The van der Waals surface area contributed by atoms with E-state index in [1.54, 1.807) is 0 Å². The lowest BCUT2D eigenvalue weighted by molar-refractivity contribution is -0.187. The van der Waals surface area contributed by atoms with Gasteiger partial charge in [0.15, 0.2) is 5.82 Å². The molecule has 3 heterocycles. The molecule has 2 atom stereocenters. The number of aliphatic carboxylic acids is 1. The summed E-state index contributed by atoms with van der Waals surface area (Å²) < 4.78 is 40.4. The van der Waals surface area contributed by atoms with Crippen LogP contribution in [0.25, 0.3) is 5.82 Å². The first-order valence-electron chi connectivity index (χ1n) is 6.58. The van der Waals surface area contributed by atoms with Crippen LogP contribution in [0.1, 0.15) is 0 Å². The predicted octanol–water partition coefficient (Wildman–Crippen LogP) is 0.757. The van der Waals surface area contributed by atoms with Crippen molar-refractivity contribution in [3.05, 3.63) is 25.0 Å². The van der Waals surface area contributed by atoms with Crippen LogP contribution in [0.15, 0.2) is 25.0 Å². The fraction of sp³-hybridized carbons (Fsp3) is 0.417. The van der Waals surface area contributed by atoms with Crippen molar-refractivity contribution in [2.45, 2.75) is 6.18 Å². The Balaban J connectivity index is 1.88. The SMILES string of the molecule is O=C(O)[C@@H]1CN(c2cncc(-n3cncn3)n2)C[C@H]1C(F)(F)F. The summed E-state index contributed by atoms with van der Waals surface area (Å²) in [5, 5.41) is 12.9. The number of nitrogens with zero attached hydrogens (tertiary/aromatic N) is 6. The van der Waals surface area contributed by atoms with E-state index in [0.717, 1.165) is 0 Å². The molecule has 2 aromatic rings. The van der Waals surface area contributed by atoms with Gasteiger partial charge in [0, 0.05) is 13.1 Å². The number of hydrogen-bond donors (Lipinski definition) is 1. The van der Waals surface area contributed by atoms with Gasteiger partial charge in [-0.25, -0.2) is 14.6 Å². The Hall–Kier alpha value is -2.72. The van der Waals surface area contributed by atoms with Crippen LogP contribution in [-0.4, -0.2) is 55.1 Å². The monoisotopic (exact) mass is 328 g/mol. The molecule has 11 heteroatoms. The number of carboxylic acids is 1. The van der Waals surface area contributed by atoms with Crippen LogP contribution in [-0.2, 0) is 4.79 Å². The molecule has 0 amide bonds. The lowest BCUT2D eigenvalue weighted by atomic mass is 9.96. The lowest BCUT2D eigenvalue weighted by Gasteiger charge is -2.18. The molecule has 2 aromatic heterocycles. The molecule has 0 saturated carbocycles. The molecule has 122 valence electrons. The summed E-state index contributed by atoms with van der Waals surface area (Å²) in [5.41, 5.74) is 0. The van der Waals surface area contributed by atoms with Gasteiger partial charge >= 0.3 is 12.1 Å². The second-order valence-corrected chi connectivity index (χ2v) is 5.07. The van der Waals surface area contributed by atoms with Crippen molar-refractivity contribution in [1.82, 2.24) is 24.7 Å². The Morgan fingerprint density at radius 2 is 1.96 bits per heavy atom. The van der Waals surface area contributed by atoms with Crippen molar-refractivity contribution in [2.75, 3.05) is 18.0 Å². The normalized spacial score (nSPS) is 21.6. The zero-order valence-corrected chi connectivity index (χ0v) is 11.6. The van der Waals surface area contributed by atoms with Crippen LogP contribution < -0.4 is 4.90 Å². The highest BCUT2D eigenvalue weighted by Crippen LogP contribution is 2.38. The first kappa shape index (κ1) is 15.2. The van der Waals surface area contributed by atoms with Crippen molar-refractivity contribution >= 4 is 11.8 Å². The molecule has 1 saturated heterocycles. The van der Waals surface area contributed by atoms with E-state index < -0.39 is 30.5 Å². The lowest BCUT2D eigenvalue weighted by Crippen LogP contribution is -2.33. The van der Waals surface area contributed by atoms with Crippen LogP contribution in [0, 0.1) is 11.8 Å². The number of carboxylic acid groups (broad SMARTS) is 1. The Bertz CT molecular complexity index is 705. The molecule has 0 spiro atoms. The van der Waals surface area contributed by atoms with E-state index in [1.807, 2.05) is 0 Å². The topological polar surface area (TPSA) is 97.0 Å². The van der Waals surface area contributed by atoms with Crippen LogP contribution in [0.5, 0.6) is 0 Å². The van der Waals surface area contributed by atoms with E-state index in [-0.39, 0.29) is 18.2 Å². The highest BCUT2D eigenvalue weighted by atomic mass is 19.4. The van der Waals surface area contributed by atoms with E-state index in [2.05, 4.69) is 20.1 Å². The van der Waals surface area contributed by atoms with E-state index in [1.165, 1.54) is 34.6 Å². The van der Waals surface area contributed by atoms with Gasteiger partial charge in [-0.3, -0.25) is 9.78 Å². The average Bonchev–Trinajstić information content (AvgIpc) is 3.16. The molecule has 8 nitrogen and oxygen atoms in total. The van der Waals surface area contributed by atoms with Crippen molar-refractivity contribution in [2.24, 2.45) is 11.8 Å². The van der Waals surface area contributed by atoms with Gasteiger partial charge in [0.05, 0.1) is 24.2 Å². The van der Waals surface area contributed by atoms with Gasteiger partial charge < -0.3 is 10.0 Å². The number of hydrogen-bond acceptors (Lipinski definition) is 6. The van der Waals surface area contributed by atoms with Crippen LogP contribution >= 0.6 is 0 Å². The van der Waals surface area contributed by atoms with E-state index in [0.29, 0.717) is 0 Å². The van der Waals surface area contributed by atoms with Gasteiger partial charge in [0.25, 0.3) is 0 Å². The van der Waals surface area contributed by atoms with Crippen LogP contribution in [0.4, 0.5) is 19.0 Å². The minimum absolute atomic E-state index is 0.163. The molecular weight excluding hydrogens is 317 g/mol. The Kier molecular flexibility index (Phi) is 3.62. The Labute approximate surface area is 127 Å². The predicted molar refractivity (Wildman–Crippen MR) is 69.8 cm³/mol. The van der Waals surface area contributed by atoms with E-state index in [4.69, 9.17) is 5.11 Å². The van der Waals surface area contributed by atoms with Crippen LogP contribution in [0.2, 0.25) is 0 Å². The van der Waals surface area contributed by atoms with Gasteiger partial charge in [-0.15, -0.1) is 0 Å². The second kappa shape index (κ2) is 5.48. The molecule has 1 fully saturated rings. The summed E-state index contributed by atoms with van der Waals surface area (Å²) in [6, 6.07) is 0. The third kappa shape index (κ3) is 2.94. The first-order valence-corrected chi connectivity index (χ1v) is 6.58. The third-order valence-electron chi connectivity index (χ3n) is 3.64. The number of aromatic nitrogens is 5. The number of alkyl halides is 3. The van der Waals surface area contributed by atoms with Gasteiger partial charge in [0.2, 0.25) is 0 Å². The highest BCUT2D eigenvalue weighted by molar-refractivity contribution is 5.72. The van der Waals surface area contributed by atoms with Gasteiger partial charge in [-0.2, -0.15) is 18.3 Å². The molecule has 0 bridgehead atoms. The summed E-state index contributed by atoms with van der Waals surface area (Å²) in [4.78, 5) is 24.2. The van der Waals surface area contributed by atoms with Crippen LogP contribution in [0.3, 0.4) is 0 Å². The second-order valence-electron chi connectivity index (χ2n) is 5.07. The Morgan fingerprint density at radius 1 is 1.22 bits per heavy atom.